The number of carboxylic acid groups (broad SMARTS) is 1. The summed E-state index contributed by atoms with van der Waals surface area (Å²) in [6.07, 6.45) is 1.93. The van der Waals surface area contributed by atoms with Crippen LogP contribution in [0.2, 0.25) is 0 Å². The van der Waals surface area contributed by atoms with E-state index in [1.807, 2.05) is 25.1 Å². The third-order valence-corrected chi connectivity index (χ3v) is 3.46. The SMILES string of the molecule is Cc1cccc(C(CN)(Cc2cn(C)nn2)C(=O)O)c1. The predicted octanol–water partition coefficient (Wildman–Crippen LogP) is 0.647. The number of carbonyl (C=O) groups is 1. The summed E-state index contributed by atoms with van der Waals surface area (Å²) in [5, 5.41) is 17.5. The van der Waals surface area contributed by atoms with Crippen molar-refractivity contribution in [1.29, 1.82) is 0 Å². The van der Waals surface area contributed by atoms with E-state index in [9.17, 15) is 9.90 Å². The zero-order chi connectivity index (χ0) is 14.8. The van der Waals surface area contributed by atoms with E-state index in [1.54, 1.807) is 24.0 Å². The van der Waals surface area contributed by atoms with Gasteiger partial charge in [-0.15, -0.1) is 5.10 Å². The highest BCUT2D eigenvalue weighted by Crippen LogP contribution is 2.28. The molecule has 0 bridgehead atoms. The minimum Gasteiger partial charge on any atom is -0.481 e. The molecule has 0 fully saturated rings. The van der Waals surface area contributed by atoms with E-state index < -0.39 is 11.4 Å². The number of aryl methyl sites for hydroxylation is 2. The molecule has 20 heavy (non-hydrogen) atoms. The van der Waals surface area contributed by atoms with Gasteiger partial charge in [-0.3, -0.25) is 9.48 Å². The summed E-state index contributed by atoms with van der Waals surface area (Å²) in [6, 6.07) is 7.42. The molecule has 1 heterocycles. The molecular weight excluding hydrogens is 256 g/mol. The molecule has 0 aliphatic rings. The van der Waals surface area contributed by atoms with Gasteiger partial charge < -0.3 is 10.8 Å². The molecule has 1 aromatic heterocycles. The molecule has 6 heteroatoms. The number of carboxylic acids is 1. The van der Waals surface area contributed by atoms with Crippen LogP contribution in [0, 0.1) is 6.92 Å². The van der Waals surface area contributed by atoms with Crippen molar-refractivity contribution in [1.82, 2.24) is 15.0 Å². The Bertz CT molecular complexity index is 623. The Hall–Kier alpha value is -2.21. The number of aliphatic carboxylic acids is 1. The van der Waals surface area contributed by atoms with Crippen LogP contribution in [0.4, 0.5) is 0 Å². The Labute approximate surface area is 117 Å². The number of benzene rings is 1. The monoisotopic (exact) mass is 274 g/mol. The van der Waals surface area contributed by atoms with Gasteiger partial charge in [0.05, 0.1) is 5.69 Å². The summed E-state index contributed by atoms with van der Waals surface area (Å²) < 4.78 is 1.55. The number of nitrogens with two attached hydrogens (primary N) is 1. The normalized spacial score (nSPS) is 13.9. The number of hydrogen-bond donors (Lipinski definition) is 2. The fraction of sp³-hybridized carbons (Fsp3) is 0.357. The van der Waals surface area contributed by atoms with Crippen molar-refractivity contribution in [2.24, 2.45) is 12.8 Å². The predicted molar refractivity (Wildman–Crippen MR) is 74.3 cm³/mol. The van der Waals surface area contributed by atoms with Crippen LogP contribution in [0.25, 0.3) is 0 Å². The number of hydrogen-bond acceptors (Lipinski definition) is 4. The highest BCUT2D eigenvalue weighted by molar-refractivity contribution is 5.82. The molecule has 1 unspecified atom stereocenters. The maximum atomic E-state index is 11.8. The zero-order valence-electron chi connectivity index (χ0n) is 11.6. The van der Waals surface area contributed by atoms with Crippen LogP contribution in [0.3, 0.4) is 0 Å². The molecule has 0 saturated heterocycles. The van der Waals surface area contributed by atoms with Gasteiger partial charge >= 0.3 is 5.97 Å². The molecule has 0 spiro atoms. The van der Waals surface area contributed by atoms with Crippen LogP contribution in [-0.4, -0.2) is 32.6 Å². The van der Waals surface area contributed by atoms with E-state index in [0.717, 1.165) is 5.56 Å². The van der Waals surface area contributed by atoms with Crippen molar-refractivity contribution in [3.05, 3.63) is 47.3 Å². The molecular formula is C14H18N4O2. The lowest BCUT2D eigenvalue weighted by atomic mass is 9.76. The van der Waals surface area contributed by atoms with E-state index in [0.29, 0.717) is 11.3 Å². The summed E-state index contributed by atoms with van der Waals surface area (Å²) in [5.74, 6) is -0.948. The van der Waals surface area contributed by atoms with Crippen LogP contribution in [0.1, 0.15) is 16.8 Å². The highest BCUT2D eigenvalue weighted by atomic mass is 16.4. The van der Waals surface area contributed by atoms with Gasteiger partial charge in [0.1, 0.15) is 5.41 Å². The zero-order valence-corrected chi connectivity index (χ0v) is 11.6. The molecule has 1 aromatic carbocycles. The smallest absolute Gasteiger partial charge is 0.315 e. The summed E-state index contributed by atoms with van der Waals surface area (Å²) >= 11 is 0. The first kappa shape index (κ1) is 14.2. The minimum absolute atomic E-state index is 0.00234. The highest BCUT2D eigenvalue weighted by Gasteiger charge is 2.40. The number of rotatable bonds is 5. The van der Waals surface area contributed by atoms with Crippen LogP contribution < -0.4 is 5.73 Å². The molecule has 6 nitrogen and oxygen atoms in total. The first-order valence-corrected chi connectivity index (χ1v) is 6.34. The van der Waals surface area contributed by atoms with E-state index in [-0.39, 0.29) is 13.0 Å². The van der Waals surface area contributed by atoms with E-state index in [1.165, 1.54) is 0 Å². The van der Waals surface area contributed by atoms with Crippen molar-refractivity contribution in [2.45, 2.75) is 18.8 Å². The van der Waals surface area contributed by atoms with Gasteiger partial charge in [-0.2, -0.15) is 0 Å². The number of aromatic nitrogens is 3. The third-order valence-electron chi connectivity index (χ3n) is 3.46. The van der Waals surface area contributed by atoms with Crippen LogP contribution in [-0.2, 0) is 23.7 Å². The maximum absolute atomic E-state index is 11.8. The van der Waals surface area contributed by atoms with E-state index in [4.69, 9.17) is 5.73 Å². The first-order chi connectivity index (χ1) is 9.48. The Kier molecular flexibility index (Phi) is 3.85. The molecule has 3 N–H and O–H groups in total. The molecule has 0 radical (unpaired) electrons. The summed E-state index contributed by atoms with van der Waals surface area (Å²) in [6.45, 7) is 1.93. The van der Waals surface area contributed by atoms with Gasteiger partial charge in [0.25, 0.3) is 0 Å². The topological polar surface area (TPSA) is 94.0 Å². The Morgan fingerprint density at radius 2 is 2.25 bits per heavy atom. The quantitative estimate of drug-likeness (QED) is 0.834. The standard InChI is InChI=1S/C14H18N4O2/c1-10-4-3-5-11(6-10)14(9-15,13(19)20)7-12-8-18(2)17-16-12/h3-6,8H,7,9,15H2,1-2H3,(H,19,20). The van der Waals surface area contributed by atoms with Crippen molar-refractivity contribution in [2.75, 3.05) is 6.54 Å². The summed E-state index contributed by atoms with van der Waals surface area (Å²) in [5.41, 5.74) is 6.94. The fourth-order valence-corrected chi connectivity index (χ4v) is 2.31. The van der Waals surface area contributed by atoms with Crippen molar-refractivity contribution >= 4 is 5.97 Å². The Morgan fingerprint density at radius 1 is 1.50 bits per heavy atom. The average molecular weight is 274 g/mol. The third kappa shape index (κ3) is 2.55. The van der Waals surface area contributed by atoms with Gasteiger partial charge in [0.2, 0.25) is 0 Å². The Balaban J connectivity index is 2.47. The largest absolute Gasteiger partial charge is 0.481 e. The van der Waals surface area contributed by atoms with E-state index >= 15 is 0 Å². The molecule has 2 aromatic rings. The van der Waals surface area contributed by atoms with Gasteiger partial charge in [-0.25, -0.2) is 0 Å². The molecule has 106 valence electrons. The van der Waals surface area contributed by atoms with Crippen LogP contribution >= 0.6 is 0 Å². The fourth-order valence-electron chi connectivity index (χ4n) is 2.31. The van der Waals surface area contributed by atoms with Gasteiger partial charge in [-0.05, 0) is 12.5 Å². The lowest BCUT2D eigenvalue weighted by molar-refractivity contribution is -0.143. The molecule has 0 aliphatic heterocycles. The average Bonchev–Trinajstić information content (AvgIpc) is 2.81. The second-order valence-electron chi connectivity index (χ2n) is 5.02. The molecule has 0 saturated carbocycles. The van der Waals surface area contributed by atoms with Crippen molar-refractivity contribution < 1.29 is 9.90 Å². The van der Waals surface area contributed by atoms with Crippen molar-refractivity contribution in [3.63, 3.8) is 0 Å². The lowest BCUT2D eigenvalue weighted by Crippen LogP contribution is -2.45. The van der Waals surface area contributed by atoms with Gasteiger partial charge in [-0.1, -0.05) is 35.0 Å². The lowest BCUT2D eigenvalue weighted by Gasteiger charge is -2.28. The summed E-state index contributed by atoms with van der Waals surface area (Å²) in [4.78, 5) is 11.8. The second kappa shape index (κ2) is 5.42. The van der Waals surface area contributed by atoms with Gasteiger partial charge in [0.15, 0.2) is 0 Å². The van der Waals surface area contributed by atoms with Crippen LogP contribution in [0.5, 0.6) is 0 Å². The second-order valence-corrected chi connectivity index (χ2v) is 5.02. The molecule has 0 amide bonds. The Morgan fingerprint density at radius 3 is 2.75 bits per heavy atom. The molecule has 2 rings (SSSR count). The molecule has 1 atom stereocenters. The minimum atomic E-state index is -1.18. The first-order valence-electron chi connectivity index (χ1n) is 6.34. The van der Waals surface area contributed by atoms with E-state index in [2.05, 4.69) is 10.3 Å². The van der Waals surface area contributed by atoms with Crippen LogP contribution in [0.15, 0.2) is 30.5 Å². The van der Waals surface area contributed by atoms with Crippen molar-refractivity contribution in [3.8, 4) is 0 Å². The maximum Gasteiger partial charge on any atom is 0.315 e. The summed E-state index contributed by atoms with van der Waals surface area (Å²) in [7, 11) is 1.74. The van der Waals surface area contributed by atoms with Gasteiger partial charge in [0, 0.05) is 26.2 Å². The number of nitrogens with zero attached hydrogens (tertiary/aromatic N) is 3. The molecule has 0 aliphatic carbocycles.